The van der Waals surface area contributed by atoms with Crippen LogP contribution in [0, 0.1) is 6.92 Å². The maximum atomic E-state index is 12.8. The topological polar surface area (TPSA) is 81.8 Å². The molecule has 6 nitrogen and oxygen atoms in total. The maximum Gasteiger partial charge on any atom is 0.261 e. The molecule has 1 atom stereocenters. The summed E-state index contributed by atoms with van der Waals surface area (Å²) in [4.78, 5) is 29.7. The van der Waals surface area contributed by atoms with Crippen LogP contribution in [-0.4, -0.2) is 39.1 Å². The smallest absolute Gasteiger partial charge is 0.261 e. The lowest BCUT2D eigenvalue weighted by atomic mass is 9.92. The molecule has 2 N–H and O–H groups in total. The largest absolute Gasteiger partial charge is 0.338 e. The molecule has 0 saturated carbocycles. The number of piperidine rings is 1. The predicted octanol–water partition coefficient (Wildman–Crippen LogP) is 2.55. The Morgan fingerprint density at radius 2 is 2.17 bits per heavy atom. The van der Waals surface area contributed by atoms with E-state index in [2.05, 4.69) is 15.2 Å². The van der Waals surface area contributed by atoms with E-state index in [0.29, 0.717) is 13.1 Å². The first-order valence-electron chi connectivity index (χ1n) is 8.49. The summed E-state index contributed by atoms with van der Waals surface area (Å²) in [6, 6.07) is 3.49. The zero-order valence-corrected chi connectivity index (χ0v) is 14.4. The molecule has 1 fully saturated rings. The first kappa shape index (κ1) is 16.5. The zero-order valence-electron chi connectivity index (χ0n) is 14.4. The number of aryl methyl sites for hydroxylation is 1. The number of hydrogen-bond donors (Lipinski definition) is 2. The lowest BCUT2D eigenvalue weighted by Crippen LogP contribution is -2.41. The van der Waals surface area contributed by atoms with Gasteiger partial charge in [0.05, 0.1) is 6.20 Å². The van der Waals surface area contributed by atoms with Gasteiger partial charge in [0.1, 0.15) is 5.56 Å². The van der Waals surface area contributed by atoms with Crippen molar-refractivity contribution in [2.45, 2.75) is 45.4 Å². The van der Waals surface area contributed by atoms with Gasteiger partial charge in [0.25, 0.3) is 11.5 Å². The molecule has 1 aliphatic rings. The number of carbonyl (C=O) groups excluding carboxylic acids is 1. The highest BCUT2D eigenvalue weighted by Gasteiger charge is 2.28. The minimum Gasteiger partial charge on any atom is -0.338 e. The van der Waals surface area contributed by atoms with Gasteiger partial charge in [-0.25, -0.2) is 0 Å². The van der Waals surface area contributed by atoms with Gasteiger partial charge in [-0.2, -0.15) is 5.10 Å². The van der Waals surface area contributed by atoms with Crippen molar-refractivity contribution < 1.29 is 4.79 Å². The third-order valence-electron chi connectivity index (χ3n) is 4.77. The summed E-state index contributed by atoms with van der Waals surface area (Å²) in [6.45, 7) is 7.35. The highest BCUT2D eigenvalue weighted by atomic mass is 16.2. The number of rotatable bonds is 3. The number of aromatic nitrogens is 3. The van der Waals surface area contributed by atoms with E-state index < -0.39 is 0 Å². The molecule has 2 aromatic rings. The van der Waals surface area contributed by atoms with Gasteiger partial charge < -0.3 is 9.88 Å². The predicted molar refractivity (Wildman–Crippen MR) is 92.4 cm³/mol. The number of pyridine rings is 1. The molecule has 128 valence electrons. The van der Waals surface area contributed by atoms with Gasteiger partial charge in [0.2, 0.25) is 0 Å². The highest BCUT2D eigenvalue weighted by Crippen LogP contribution is 2.28. The first-order chi connectivity index (χ1) is 11.5. The molecule has 0 spiro atoms. The quantitative estimate of drug-likeness (QED) is 0.908. The van der Waals surface area contributed by atoms with Crippen molar-refractivity contribution in [3.8, 4) is 0 Å². The van der Waals surface area contributed by atoms with Crippen LogP contribution in [0.1, 0.15) is 65.8 Å². The van der Waals surface area contributed by atoms with Crippen LogP contribution in [0.2, 0.25) is 0 Å². The Hall–Kier alpha value is -2.37. The summed E-state index contributed by atoms with van der Waals surface area (Å²) in [5.74, 6) is 0.289. The van der Waals surface area contributed by atoms with Gasteiger partial charge >= 0.3 is 0 Å². The number of nitrogens with one attached hydrogen (secondary N) is 2. The third kappa shape index (κ3) is 3.13. The Morgan fingerprint density at radius 3 is 2.79 bits per heavy atom. The normalized spacial score (nSPS) is 18.2. The van der Waals surface area contributed by atoms with Crippen LogP contribution < -0.4 is 5.56 Å². The van der Waals surface area contributed by atoms with Gasteiger partial charge in [-0.15, -0.1) is 0 Å². The van der Waals surface area contributed by atoms with Crippen LogP contribution in [0.25, 0.3) is 0 Å². The first-order valence-corrected chi connectivity index (χ1v) is 8.49. The molecule has 6 heteroatoms. The molecule has 1 amide bonds. The van der Waals surface area contributed by atoms with E-state index >= 15 is 0 Å². The minimum atomic E-state index is -0.300. The summed E-state index contributed by atoms with van der Waals surface area (Å²) in [5, 5.41) is 7.13. The van der Waals surface area contributed by atoms with E-state index in [1.54, 1.807) is 11.0 Å². The second-order valence-corrected chi connectivity index (χ2v) is 6.87. The molecule has 1 unspecified atom stereocenters. The van der Waals surface area contributed by atoms with Gasteiger partial charge in [-0.05, 0) is 43.4 Å². The van der Waals surface area contributed by atoms with Gasteiger partial charge in [-0.3, -0.25) is 14.7 Å². The van der Waals surface area contributed by atoms with Gasteiger partial charge in [0.15, 0.2) is 0 Å². The number of H-pyrrole nitrogens is 2. The number of nitrogens with zero attached hydrogens (tertiary/aromatic N) is 2. The van der Waals surface area contributed by atoms with E-state index in [9.17, 15) is 9.59 Å². The Kier molecular flexibility index (Phi) is 4.55. The molecule has 0 aliphatic carbocycles. The van der Waals surface area contributed by atoms with Crippen LogP contribution in [-0.2, 0) is 0 Å². The van der Waals surface area contributed by atoms with E-state index in [4.69, 9.17) is 0 Å². The molecule has 1 saturated heterocycles. The molecular weight excluding hydrogens is 304 g/mol. The van der Waals surface area contributed by atoms with Crippen LogP contribution in [0.5, 0.6) is 0 Å². The summed E-state index contributed by atoms with van der Waals surface area (Å²) in [6.07, 6.45) is 3.76. The lowest BCUT2D eigenvalue weighted by Gasteiger charge is -2.32. The van der Waals surface area contributed by atoms with Crippen LogP contribution in [0.3, 0.4) is 0 Å². The number of aromatic amines is 2. The second kappa shape index (κ2) is 6.63. The third-order valence-corrected chi connectivity index (χ3v) is 4.77. The van der Waals surface area contributed by atoms with E-state index in [1.165, 1.54) is 0 Å². The standard InChI is InChI=1S/C18H24N4O2/c1-11(2)15-7-6-14(17(23)20-15)18(24)22-8-4-5-13(10-22)16-12(3)9-19-21-16/h6-7,9,11,13H,4-5,8,10H2,1-3H3,(H,19,21)(H,20,23). The monoisotopic (exact) mass is 328 g/mol. The zero-order chi connectivity index (χ0) is 17.3. The summed E-state index contributed by atoms with van der Waals surface area (Å²) in [5.41, 5.74) is 2.98. The number of amides is 1. The van der Waals surface area contributed by atoms with E-state index in [-0.39, 0.29) is 28.9 Å². The Bertz CT molecular complexity index is 790. The average molecular weight is 328 g/mol. The van der Waals surface area contributed by atoms with Crippen LogP contribution in [0.15, 0.2) is 23.1 Å². The molecule has 3 heterocycles. The van der Waals surface area contributed by atoms with Crippen LogP contribution >= 0.6 is 0 Å². The summed E-state index contributed by atoms with van der Waals surface area (Å²) < 4.78 is 0. The van der Waals surface area contributed by atoms with Crippen molar-refractivity contribution in [2.75, 3.05) is 13.1 Å². The molecule has 1 aliphatic heterocycles. The summed E-state index contributed by atoms with van der Waals surface area (Å²) in [7, 11) is 0. The van der Waals surface area contributed by atoms with Crippen molar-refractivity contribution in [2.24, 2.45) is 0 Å². The van der Waals surface area contributed by atoms with Gasteiger partial charge in [0, 0.05) is 30.4 Å². The van der Waals surface area contributed by atoms with Gasteiger partial charge in [-0.1, -0.05) is 13.8 Å². The molecule has 2 aromatic heterocycles. The molecule has 24 heavy (non-hydrogen) atoms. The van der Waals surface area contributed by atoms with Crippen LogP contribution in [0.4, 0.5) is 0 Å². The SMILES string of the molecule is Cc1cn[nH]c1C1CCCN(C(=O)c2ccc(C(C)C)[nH]c2=O)C1. The highest BCUT2D eigenvalue weighted by molar-refractivity contribution is 5.94. The summed E-state index contributed by atoms with van der Waals surface area (Å²) >= 11 is 0. The minimum absolute atomic E-state index is 0.187. The van der Waals surface area contributed by atoms with E-state index in [0.717, 1.165) is 29.8 Å². The fourth-order valence-electron chi connectivity index (χ4n) is 3.33. The molecule has 3 rings (SSSR count). The van der Waals surface area contributed by atoms with Crippen molar-refractivity contribution in [1.29, 1.82) is 0 Å². The number of carbonyl (C=O) groups is 1. The second-order valence-electron chi connectivity index (χ2n) is 6.87. The van der Waals surface area contributed by atoms with Crippen molar-refractivity contribution >= 4 is 5.91 Å². The van der Waals surface area contributed by atoms with E-state index in [1.807, 2.05) is 33.0 Å². The molecule has 0 bridgehead atoms. The fraction of sp³-hybridized carbons (Fsp3) is 0.500. The Labute approximate surface area is 141 Å². The number of likely N-dealkylation sites (tertiary alicyclic amines) is 1. The average Bonchev–Trinajstić information content (AvgIpc) is 3.00. The lowest BCUT2D eigenvalue weighted by molar-refractivity contribution is 0.0703. The van der Waals surface area contributed by atoms with Crippen molar-refractivity contribution in [1.82, 2.24) is 20.1 Å². The molecular formula is C18H24N4O2. The molecule has 0 radical (unpaired) electrons. The maximum absolute atomic E-state index is 12.8. The fourth-order valence-corrected chi connectivity index (χ4v) is 3.33. The van der Waals surface area contributed by atoms with Crippen molar-refractivity contribution in [3.63, 3.8) is 0 Å². The van der Waals surface area contributed by atoms with Crippen molar-refractivity contribution in [3.05, 3.63) is 51.2 Å². The Balaban J connectivity index is 1.80. The Morgan fingerprint density at radius 1 is 1.38 bits per heavy atom. The molecule has 0 aromatic carbocycles. The number of hydrogen-bond acceptors (Lipinski definition) is 3.